The van der Waals surface area contributed by atoms with Crippen LogP contribution in [0.25, 0.3) is 0 Å². The van der Waals surface area contributed by atoms with Crippen LogP contribution in [0, 0.1) is 11.3 Å². The van der Waals surface area contributed by atoms with E-state index in [1.807, 2.05) is 6.07 Å². The first-order valence-electron chi connectivity index (χ1n) is 7.52. The number of oxime groups is 2. The highest BCUT2D eigenvalue weighted by molar-refractivity contribution is 6.17. The lowest BCUT2D eigenvalue weighted by molar-refractivity contribution is -0.274. The third-order valence-corrected chi connectivity index (χ3v) is 3.19. The van der Waals surface area contributed by atoms with Crippen LogP contribution in [-0.2, 0) is 4.84 Å². The number of rotatable bonds is 6. The fraction of sp³-hybridized carbons (Fsp3) is 0.167. The molecule has 0 amide bonds. The lowest BCUT2D eigenvalue weighted by atomic mass is 10.0. The Bertz CT molecular complexity index is 902. The number of hydrogen-bond donors (Lipinski definition) is 0. The Hall–Kier alpha value is -3.54. The lowest BCUT2D eigenvalue weighted by Crippen LogP contribution is -2.17. The number of benzene rings is 2. The normalized spacial score (nSPS) is 12.3. The van der Waals surface area contributed by atoms with Crippen LogP contribution in [0.2, 0.25) is 0 Å². The maximum absolute atomic E-state index is 12.3. The molecule has 0 spiro atoms. The van der Waals surface area contributed by atoms with E-state index in [2.05, 4.69) is 19.9 Å². The molecule has 0 bridgehead atoms. The lowest BCUT2D eigenvalue weighted by Gasteiger charge is -2.10. The summed E-state index contributed by atoms with van der Waals surface area (Å²) in [5.74, 6) is -0.369. The number of halogens is 3. The van der Waals surface area contributed by atoms with Crippen LogP contribution >= 0.6 is 0 Å². The van der Waals surface area contributed by atoms with E-state index in [9.17, 15) is 18.4 Å². The minimum absolute atomic E-state index is 0.0447. The second-order valence-corrected chi connectivity index (χ2v) is 5.07. The molecule has 0 aliphatic carbocycles. The van der Waals surface area contributed by atoms with Gasteiger partial charge in [-0.2, -0.15) is 5.26 Å². The smallest absolute Gasteiger partial charge is 0.406 e. The SMILES string of the molecule is CON=C(C#N)c1ccccc1C(C)=NOc1cccc(OC(F)(F)F)c1. The van der Waals surface area contributed by atoms with Crippen molar-refractivity contribution in [3.05, 3.63) is 59.7 Å². The minimum Gasteiger partial charge on any atom is -0.406 e. The summed E-state index contributed by atoms with van der Waals surface area (Å²) in [7, 11) is 1.32. The molecule has 0 fully saturated rings. The number of ether oxygens (including phenoxy) is 1. The maximum atomic E-state index is 12.3. The van der Waals surface area contributed by atoms with Gasteiger partial charge < -0.3 is 14.4 Å². The molecule has 0 atom stereocenters. The first-order valence-corrected chi connectivity index (χ1v) is 7.52. The Labute approximate surface area is 153 Å². The van der Waals surface area contributed by atoms with Crippen molar-refractivity contribution >= 4 is 11.4 Å². The predicted molar refractivity (Wildman–Crippen MR) is 91.6 cm³/mol. The first-order chi connectivity index (χ1) is 12.8. The zero-order chi connectivity index (χ0) is 19.9. The second-order valence-electron chi connectivity index (χ2n) is 5.07. The topological polar surface area (TPSA) is 76.2 Å². The molecule has 0 aromatic heterocycles. The molecule has 2 rings (SSSR count). The van der Waals surface area contributed by atoms with Crippen LogP contribution in [0.1, 0.15) is 18.1 Å². The van der Waals surface area contributed by atoms with Crippen molar-refractivity contribution in [3.63, 3.8) is 0 Å². The summed E-state index contributed by atoms with van der Waals surface area (Å²) in [5, 5.41) is 16.8. The van der Waals surface area contributed by atoms with Crippen LogP contribution in [0.15, 0.2) is 58.8 Å². The van der Waals surface area contributed by atoms with Crippen molar-refractivity contribution < 1.29 is 27.6 Å². The summed E-state index contributed by atoms with van der Waals surface area (Å²) in [6.45, 7) is 1.62. The summed E-state index contributed by atoms with van der Waals surface area (Å²) in [6, 6.07) is 13.7. The van der Waals surface area contributed by atoms with E-state index >= 15 is 0 Å². The van der Waals surface area contributed by atoms with Crippen molar-refractivity contribution in [2.24, 2.45) is 10.3 Å². The summed E-state index contributed by atoms with van der Waals surface area (Å²) in [5.41, 5.74) is 1.45. The van der Waals surface area contributed by atoms with Crippen molar-refractivity contribution in [1.82, 2.24) is 0 Å². The van der Waals surface area contributed by atoms with E-state index in [0.717, 1.165) is 12.1 Å². The van der Waals surface area contributed by atoms with Gasteiger partial charge in [0.1, 0.15) is 18.9 Å². The van der Waals surface area contributed by atoms with Gasteiger partial charge in [-0.1, -0.05) is 40.6 Å². The Kier molecular flexibility index (Phi) is 6.38. The van der Waals surface area contributed by atoms with Gasteiger partial charge in [0.25, 0.3) is 0 Å². The first kappa shape index (κ1) is 19.8. The highest BCUT2D eigenvalue weighted by atomic mass is 19.4. The Balaban J connectivity index is 2.26. The second kappa shape index (κ2) is 8.71. The van der Waals surface area contributed by atoms with E-state index in [-0.39, 0.29) is 11.5 Å². The Morgan fingerprint density at radius 1 is 1.00 bits per heavy atom. The zero-order valence-electron chi connectivity index (χ0n) is 14.3. The number of hydrogen-bond acceptors (Lipinski definition) is 6. The molecule has 0 aliphatic heterocycles. The summed E-state index contributed by atoms with van der Waals surface area (Å²) in [4.78, 5) is 9.85. The largest absolute Gasteiger partial charge is 0.573 e. The van der Waals surface area contributed by atoms with Crippen LogP contribution < -0.4 is 9.57 Å². The van der Waals surface area contributed by atoms with Gasteiger partial charge in [-0.15, -0.1) is 13.2 Å². The average molecular weight is 377 g/mol. The standard InChI is InChI=1S/C18H14F3N3O3/c1-12(15-8-3-4-9-16(15)17(11-22)24-25-2)23-27-14-7-5-6-13(10-14)26-18(19,20)21/h3-10H,1-2H3. The molecule has 2 aromatic rings. The molecular weight excluding hydrogens is 363 g/mol. The maximum Gasteiger partial charge on any atom is 0.573 e. The van der Waals surface area contributed by atoms with E-state index in [1.54, 1.807) is 31.2 Å². The van der Waals surface area contributed by atoms with Crippen LogP contribution in [0.4, 0.5) is 13.2 Å². The summed E-state index contributed by atoms with van der Waals surface area (Å²) in [6.07, 6.45) is -4.80. The summed E-state index contributed by atoms with van der Waals surface area (Å²) >= 11 is 0. The molecule has 6 nitrogen and oxygen atoms in total. The zero-order valence-corrected chi connectivity index (χ0v) is 14.3. The van der Waals surface area contributed by atoms with Gasteiger partial charge in [0, 0.05) is 17.2 Å². The molecule has 9 heteroatoms. The molecule has 0 saturated carbocycles. The molecular formula is C18H14F3N3O3. The van der Waals surface area contributed by atoms with Crippen molar-refractivity contribution in [3.8, 4) is 17.6 Å². The van der Waals surface area contributed by atoms with Crippen molar-refractivity contribution in [2.45, 2.75) is 13.3 Å². The van der Waals surface area contributed by atoms with Crippen LogP contribution in [0.5, 0.6) is 11.5 Å². The van der Waals surface area contributed by atoms with Gasteiger partial charge in [-0.3, -0.25) is 0 Å². The van der Waals surface area contributed by atoms with Gasteiger partial charge in [0.2, 0.25) is 0 Å². The van der Waals surface area contributed by atoms with E-state index in [1.165, 1.54) is 19.2 Å². The van der Waals surface area contributed by atoms with Crippen LogP contribution in [0.3, 0.4) is 0 Å². The van der Waals surface area contributed by atoms with E-state index < -0.39 is 12.1 Å². The molecule has 0 saturated heterocycles. The van der Waals surface area contributed by atoms with Gasteiger partial charge >= 0.3 is 6.36 Å². The summed E-state index contributed by atoms with van der Waals surface area (Å²) < 4.78 is 40.7. The molecule has 0 unspecified atom stereocenters. The molecule has 0 aliphatic rings. The fourth-order valence-electron chi connectivity index (χ4n) is 2.12. The van der Waals surface area contributed by atoms with Gasteiger partial charge in [0.05, 0.1) is 5.71 Å². The molecule has 140 valence electrons. The Morgan fingerprint density at radius 3 is 2.30 bits per heavy atom. The van der Waals surface area contributed by atoms with Gasteiger partial charge in [0.15, 0.2) is 11.5 Å². The van der Waals surface area contributed by atoms with E-state index in [4.69, 9.17) is 4.84 Å². The number of nitriles is 1. The third kappa shape index (κ3) is 5.74. The third-order valence-electron chi connectivity index (χ3n) is 3.19. The van der Waals surface area contributed by atoms with E-state index in [0.29, 0.717) is 16.8 Å². The molecule has 0 heterocycles. The molecule has 2 aromatic carbocycles. The van der Waals surface area contributed by atoms with Crippen LogP contribution in [-0.4, -0.2) is 24.9 Å². The fourth-order valence-corrected chi connectivity index (χ4v) is 2.12. The van der Waals surface area contributed by atoms with Gasteiger partial charge in [-0.25, -0.2) is 0 Å². The quantitative estimate of drug-likeness (QED) is 0.557. The molecule has 0 radical (unpaired) electrons. The predicted octanol–water partition coefficient (Wildman–Crippen LogP) is 4.26. The average Bonchev–Trinajstić information content (AvgIpc) is 2.63. The monoisotopic (exact) mass is 377 g/mol. The highest BCUT2D eigenvalue weighted by Gasteiger charge is 2.31. The number of nitrogens with zero attached hydrogens (tertiary/aromatic N) is 3. The Morgan fingerprint density at radius 2 is 1.67 bits per heavy atom. The number of alkyl halides is 3. The molecule has 0 N–H and O–H groups in total. The van der Waals surface area contributed by atoms with Crippen molar-refractivity contribution in [2.75, 3.05) is 7.11 Å². The molecule has 27 heavy (non-hydrogen) atoms. The highest BCUT2D eigenvalue weighted by Crippen LogP contribution is 2.26. The van der Waals surface area contributed by atoms with Crippen molar-refractivity contribution in [1.29, 1.82) is 5.26 Å². The van der Waals surface area contributed by atoms with Gasteiger partial charge in [-0.05, 0) is 19.1 Å². The minimum atomic E-state index is -4.80.